The van der Waals surface area contributed by atoms with Crippen LogP contribution in [0.1, 0.15) is 110 Å². The number of benzene rings is 1. The second-order valence-corrected chi connectivity index (χ2v) is 21.6. The van der Waals surface area contributed by atoms with Gasteiger partial charge in [-0.1, -0.05) is 57.7 Å². The zero-order valence-electron chi connectivity index (χ0n) is 48.1. The van der Waals surface area contributed by atoms with E-state index < -0.39 is 58.0 Å². The van der Waals surface area contributed by atoms with Crippen LogP contribution in [-0.4, -0.2) is 132 Å². The number of hydrogen-bond donors (Lipinski definition) is 6. The molecule has 0 spiro atoms. The van der Waals surface area contributed by atoms with Crippen molar-refractivity contribution in [1.29, 1.82) is 0 Å². The first kappa shape index (κ1) is 64.0. The summed E-state index contributed by atoms with van der Waals surface area (Å²) in [6.45, 7) is 15.7. The van der Waals surface area contributed by atoms with E-state index in [1.807, 2.05) is 28.0 Å². The lowest BCUT2D eigenvalue weighted by atomic mass is 9.85. The highest BCUT2D eigenvalue weighted by Crippen LogP contribution is 2.37. The predicted octanol–water partition coefficient (Wildman–Crippen LogP) is 10.5. The fraction of sp³-hybridized carbons (Fsp3) is 0.328. The minimum atomic E-state index is -4.73. The fourth-order valence-electron chi connectivity index (χ4n) is 10.0. The van der Waals surface area contributed by atoms with E-state index in [2.05, 4.69) is 90.2 Å². The number of nitrogens with zero attached hydrogens (tertiary/aromatic N) is 9. The molecule has 0 aliphatic carbocycles. The number of methoxy groups -OCH3 is 1. The van der Waals surface area contributed by atoms with Crippen molar-refractivity contribution in [1.82, 2.24) is 45.9 Å². The lowest BCUT2D eigenvalue weighted by Crippen LogP contribution is -2.56. The van der Waals surface area contributed by atoms with Gasteiger partial charge in [0.05, 0.1) is 34.4 Å². The van der Waals surface area contributed by atoms with Crippen LogP contribution in [0, 0.1) is 5.41 Å². The van der Waals surface area contributed by atoms with Crippen molar-refractivity contribution in [3.05, 3.63) is 184 Å². The molecule has 10 rings (SSSR count). The zero-order chi connectivity index (χ0) is 62.8. The van der Waals surface area contributed by atoms with E-state index in [4.69, 9.17) is 21.9 Å². The Hall–Kier alpha value is -8.98. The summed E-state index contributed by atoms with van der Waals surface area (Å²) in [7, 11) is 1.58. The van der Waals surface area contributed by atoms with Gasteiger partial charge in [0.1, 0.15) is 57.8 Å². The second kappa shape index (κ2) is 27.6. The monoisotopic (exact) mass is 1220 g/mol. The summed E-state index contributed by atoms with van der Waals surface area (Å²) in [6.07, 6.45) is -5.22. The Morgan fingerprint density at radius 2 is 0.989 bits per heavy atom. The minimum absolute atomic E-state index is 0. The van der Waals surface area contributed by atoms with Gasteiger partial charge in [0, 0.05) is 121 Å². The van der Waals surface area contributed by atoms with Crippen LogP contribution >= 0.6 is 0 Å². The van der Waals surface area contributed by atoms with E-state index in [0.29, 0.717) is 69.9 Å². The summed E-state index contributed by atoms with van der Waals surface area (Å²) in [5, 5.41) is 10.2. The molecule has 0 saturated carbocycles. The van der Waals surface area contributed by atoms with Gasteiger partial charge in [-0.05, 0) is 83.8 Å². The van der Waals surface area contributed by atoms with E-state index in [0.717, 1.165) is 25.2 Å². The molecule has 87 heavy (non-hydrogen) atoms. The molecule has 3 atom stereocenters. The zero-order valence-corrected chi connectivity index (χ0v) is 48.1. The number of anilines is 6. The first-order valence-corrected chi connectivity index (χ1v) is 27.6. The van der Waals surface area contributed by atoms with Crippen molar-refractivity contribution in [2.24, 2.45) is 5.41 Å². The number of nitrogens with one attached hydrogen (secondary N) is 3. The molecule has 476 valence electrons. The maximum atomic E-state index is 14.1. The van der Waals surface area contributed by atoms with Gasteiger partial charge < -0.3 is 52.6 Å². The molecule has 26 heteroatoms. The second-order valence-electron chi connectivity index (χ2n) is 21.6. The highest BCUT2D eigenvalue weighted by molar-refractivity contribution is 6.13. The molecular formula is C61H84F7N15O4. The number of alkyl halides is 6. The number of aromatic nitrogens is 6. The van der Waals surface area contributed by atoms with Gasteiger partial charge in [-0.2, -0.15) is 26.3 Å². The van der Waals surface area contributed by atoms with Crippen LogP contribution in [0.2, 0.25) is 0 Å². The first-order chi connectivity index (χ1) is 41.3. The molecule has 3 aliphatic heterocycles. The molecule has 6 aromatic heterocycles. The minimum Gasteiger partial charge on any atom is -0.383 e. The number of pyridine rings is 6. The fourth-order valence-corrected chi connectivity index (χ4v) is 10.0. The Balaban J connectivity index is 0. The SMILES string of the molecule is C=C(F)c1ccc(N2CCNC(c3ccccc3)C2)nc1C(=O)c1cccnc1N.CC(C)(C)C1CN(c2ccc(C(F)(F)F)c(C(=O)c3cccnc3N)n2)CCN1.COCC1CN(c2ccc(C(F)(F)F)c(C(=O)c3cccnc3N)n2)CCN1.[HH].[HH].[HH].[HH].[HH].[HH].[HH].[HH].[HH]. The average Bonchev–Trinajstić information content (AvgIpc) is 0.798. The Labute approximate surface area is 511 Å². The van der Waals surface area contributed by atoms with Crippen molar-refractivity contribution in [2.75, 3.05) is 105 Å². The van der Waals surface area contributed by atoms with Crippen LogP contribution in [-0.2, 0) is 17.1 Å². The van der Waals surface area contributed by atoms with Crippen LogP contribution in [0.5, 0.6) is 0 Å². The van der Waals surface area contributed by atoms with Gasteiger partial charge in [-0.25, -0.2) is 34.3 Å². The standard InChI is InChI=1S/C23H22FN5O.C20H24F3N5O.C18H20F3N5O2.9H2/c1-15(24)17-9-10-20(28-21(17)22(30)18-8-5-11-27-23(18)25)29-13-12-26-19(14-29)16-6-3-2-4-7-16;1-19(2,3)14-11-28(10-9-25-14)15-7-6-13(20(21,22)23)16(27-15)17(29)12-5-4-8-26-18(12)24;1-28-10-11-9-26(8-7-23-11)14-5-4-13(18(19,20)21)15(25-14)16(27)12-3-2-6-24-17(12)22;;;;;;;;;/h2-11,19,26H,1,12-14H2,(H2,25,27);4-8,14,25H,9-11H2,1-3H3,(H2,24,26);2-6,11,23H,7-10H2,1H3,(H2,22,24);9*1H. The van der Waals surface area contributed by atoms with Crippen molar-refractivity contribution in [2.45, 2.75) is 51.2 Å². The number of ketones is 3. The molecular weight excluding hydrogens is 1140 g/mol. The number of halogens is 7. The smallest absolute Gasteiger partial charge is 0.383 e. The molecule has 3 fully saturated rings. The summed E-state index contributed by atoms with van der Waals surface area (Å²) in [4.78, 5) is 68.9. The maximum absolute atomic E-state index is 14.1. The van der Waals surface area contributed by atoms with Gasteiger partial charge >= 0.3 is 12.4 Å². The number of ether oxygens (including phenoxy) is 1. The maximum Gasteiger partial charge on any atom is 0.418 e. The van der Waals surface area contributed by atoms with Crippen molar-refractivity contribution in [3.8, 4) is 0 Å². The first-order valence-electron chi connectivity index (χ1n) is 27.6. The van der Waals surface area contributed by atoms with E-state index in [9.17, 15) is 45.1 Å². The molecule has 3 unspecified atom stereocenters. The molecule has 0 amide bonds. The van der Waals surface area contributed by atoms with Gasteiger partial charge in [0.15, 0.2) is 0 Å². The third kappa shape index (κ3) is 15.7. The van der Waals surface area contributed by atoms with Crippen LogP contribution in [0.4, 0.5) is 65.6 Å². The van der Waals surface area contributed by atoms with Gasteiger partial charge in [0.2, 0.25) is 17.3 Å². The summed E-state index contributed by atoms with van der Waals surface area (Å²) in [5.41, 5.74) is 14.8. The van der Waals surface area contributed by atoms with Crippen LogP contribution in [0.3, 0.4) is 0 Å². The number of carbonyl (C=O) groups is 3. The third-order valence-corrected chi connectivity index (χ3v) is 14.6. The molecule has 9 heterocycles. The van der Waals surface area contributed by atoms with Crippen molar-refractivity contribution < 1.29 is 62.7 Å². The number of carbonyl (C=O) groups excluding carboxylic acids is 3. The lowest BCUT2D eigenvalue weighted by Gasteiger charge is -2.41. The highest BCUT2D eigenvalue weighted by atomic mass is 19.4. The molecule has 9 N–H and O–H groups in total. The number of nitrogens with two attached hydrogens (primary N) is 3. The molecule has 19 nitrogen and oxygen atoms in total. The lowest BCUT2D eigenvalue weighted by molar-refractivity contribution is -0.138. The number of piperazine rings is 3. The number of rotatable bonds is 13. The normalized spacial score (nSPS) is 17.3. The quantitative estimate of drug-likeness (QED) is 0.0463. The number of hydrogen-bond acceptors (Lipinski definition) is 19. The average molecular weight is 1220 g/mol. The summed E-state index contributed by atoms with van der Waals surface area (Å²) >= 11 is 0. The Bertz CT molecular complexity index is 3630. The van der Waals surface area contributed by atoms with Crippen LogP contribution < -0.4 is 47.9 Å². The van der Waals surface area contributed by atoms with Crippen LogP contribution in [0.15, 0.2) is 128 Å². The van der Waals surface area contributed by atoms with E-state index in [1.54, 1.807) is 31.4 Å². The summed E-state index contributed by atoms with van der Waals surface area (Å²) in [6, 6.07) is 26.8. The molecule has 0 bridgehead atoms. The topological polar surface area (TPSA) is 262 Å². The highest BCUT2D eigenvalue weighted by Gasteiger charge is 2.40. The Morgan fingerprint density at radius 3 is 1.44 bits per heavy atom. The van der Waals surface area contributed by atoms with Gasteiger partial charge in [-0.3, -0.25) is 14.4 Å². The van der Waals surface area contributed by atoms with Crippen molar-refractivity contribution in [3.63, 3.8) is 0 Å². The summed E-state index contributed by atoms with van der Waals surface area (Å²) in [5.74, 6) is -1.97. The summed E-state index contributed by atoms with van der Waals surface area (Å²) < 4.78 is 100. The predicted molar refractivity (Wildman–Crippen MR) is 337 cm³/mol. The molecule has 7 aromatic rings. The number of nitrogen functional groups attached to an aromatic ring is 3. The third-order valence-electron chi connectivity index (χ3n) is 14.6. The van der Waals surface area contributed by atoms with Crippen LogP contribution in [0.25, 0.3) is 5.83 Å². The van der Waals surface area contributed by atoms with Gasteiger partial charge in [-0.15, -0.1) is 0 Å². The Morgan fingerprint density at radius 1 is 0.563 bits per heavy atom. The molecule has 1 aromatic carbocycles. The van der Waals surface area contributed by atoms with Crippen molar-refractivity contribution >= 4 is 58.1 Å². The van der Waals surface area contributed by atoms with E-state index in [-0.39, 0.29) is 81.8 Å². The molecule has 3 aliphatic rings. The molecule has 3 saturated heterocycles. The van der Waals surface area contributed by atoms with E-state index >= 15 is 0 Å². The van der Waals surface area contributed by atoms with E-state index in [1.165, 1.54) is 60.6 Å². The molecule has 0 radical (unpaired) electrons. The van der Waals surface area contributed by atoms with Gasteiger partial charge in [0.25, 0.3) is 0 Å². The Kier molecular flexibility index (Phi) is 20.3. The largest absolute Gasteiger partial charge is 0.418 e.